The Kier molecular flexibility index (Phi) is 5.20. The van der Waals surface area contributed by atoms with Crippen molar-refractivity contribution >= 4 is 5.97 Å². The number of hydrogen-bond donors (Lipinski definition) is 2. The zero-order valence-electron chi connectivity index (χ0n) is 9.29. The van der Waals surface area contributed by atoms with Gasteiger partial charge < -0.3 is 15.2 Å². The topological polar surface area (TPSA) is 58.6 Å². The summed E-state index contributed by atoms with van der Waals surface area (Å²) >= 11 is 0. The van der Waals surface area contributed by atoms with Gasteiger partial charge in [0.15, 0.2) is 6.10 Å². The van der Waals surface area contributed by atoms with Crippen LogP contribution >= 0.6 is 0 Å². The van der Waals surface area contributed by atoms with Crippen LogP contribution in [0.3, 0.4) is 0 Å². The predicted molar refractivity (Wildman–Crippen MR) is 53.7 cm³/mol. The Morgan fingerprint density at radius 1 is 1.41 bits per heavy atom. The minimum atomic E-state index is -4.11. The molecule has 0 saturated carbocycles. The SMILES string of the molecule is O=C(O)C1CCC(CNCCCC(F)(F)F)O1. The summed E-state index contributed by atoms with van der Waals surface area (Å²) in [5, 5.41) is 11.5. The van der Waals surface area contributed by atoms with Crippen LogP contribution in [-0.2, 0) is 9.53 Å². The van der Waals surface area contributed by atoms with Gasteiger partial charge in [-0.2, -0.15) is 13.2 Å². The van der Waals surface area contributed by atoms with E-state index >= 15 is 0 Å². The van der Waals surface area contributed by atoms with Crippen LogP contribution < -0.4 is 5.32 Å². The summed E-state index contributed by atoms with van der Waals surface area (Å²) in [4.78, 5) is 10.6. The minimum absolute atomic E-state index is 0.0264. The molecule has 0 bridgehead atoms. The van der Waals surface area contributed by atoms with Crippen molar-refractivity contribution in [3.63, 3.8) is 0 Å². The third-order valence-electron chi connectivity index (χ3n) is 2.57. The van der Waals surface area contributed by atoms with E-state index in [4.69, 9.17) is 9.84 Å². The molecular formula is C10H16F3NO3. The summed E-state index contributed by atoms with van der Waals surface area (Å²) in [6.45, 7) is 0.665. The van der Waals surface area contributed by atoms with Gasteiger partial charge in [0, 0.05) is 13.0 Å². The average Bonchev–Trinajstić information content (AvgIpc) is 2.64. The number of carboxylic acids is 1. The molecule has 0 amide bonds. The molecule has 0 aromatic rings. The third-order valence-corrected chi connectivity index (χ3v) is 2.57. The smallest absolute Gasteiger partial charge is 0.389 e. The molecule has 2 N–H and O–H groups in total. The molecule has 0 aromatic carbocycles. The molecular weight excluding hydrogens is 239 g/mol. The molecule has 2 unspecified atom stereocenters. The first-order valence-electron chi connectivity index (χ1n) is 5.54. The monoisotopic (exact) mass is 255 g/mol. The molecule has 7 heteroatoms. The molecule has 1 aliphatic rings. The largest absolute Gasteiger partial charge is 0.479 e. The molecule has 17 heavy (non-hydrogen) atoms. The first kappa shape index (κ1) is 14.2. The van der Waals surface area contributed by atoms with Crippen LogP contribution in [0.5, 0.6) is 0 Å². The molecule has 1 rings (SSSR count). The lowest BCUT2D eigenvalue weighted by Gasteiger charge is -2.12. The second kappa shape index (κ2) is 6.20. The quantitative estimate of drug-likeness (QED) is 0.707. The highest BCUT2D eigenvalue weighted by molar-refractivity contribution is 5.72. The fraction of sp³-hybridized carbons (Fsp3) is 0.900. The van der Waals surface area contributed by atoms with E-state index in [9.17, 15) is 18.0 Å². The zero-order valence-corrected chi connectivity index (χ0v) is 9.29. The molecule has 1 heterocycles. The molecule has 1 aliphatic heterocycles. The summed E-state index contributed by atoms with van der Waals surface area (Å²) < 4.78 is 40.6. The molecule has 0 spiro atoms. The van der Waals surface area contributed by atoms with E-state index in [0.29, 0.717) is 19.4 Å². The Hall–Kier alpha value is -0.820. The highest BCUT2D eigenvalue weighted by Crippen LogP contribution is 2.21. The van der Waals surface area contributed by atoms with Crippen LogP contribution in [0.15, 0.2) is 0 Å². The number of alkyl halides is 3. The summed E-state index contributed by atoms with van der Waals surface area (Å²) in [6.07, 6.45) is -4.77. The number of aliphatic carboxylic acids is 1. The standard InChI is InChI=1S/C10H16F3NO3/c11-10(12,13)4-1-5-14-6-7-2-3-8(17-7)9(15)16/h7-8,14H,1-6H2,(H,15,16). The fourth-order valence-electron chi connectivity index (χ4n) is 1.71. The Labute approximate surface area is 97.1 Å². The van der Waals surface area contributed by atoms with Crippen molar-refractivity contribution in [2.75, 3.05) is 13.1 Å². The van der Waals surface area contributed by atoms with Crippen LogP contribution in [0.25, 0.3) is 0 Å². The predicted octanol–water partition coefficient (Wildman–Crippen LogP) is 1.55. The minimum Gasteiger partial charge on any atom is -0.479 e. The van der Waals surface area contributed by atoms with Crippen molar-refractivity contribution in [3.05, 3.63) is 0 Å². The van der Waals surface area contributed by atoms with Gasteiger partial charge in [0.1, 0.15) is 0 Å². The van der Waals surface area contributed by atoms with E-state index in [0.717, 1.165) is 0 Å². The van der Waals surface area contributed by atoms with E-state index in [1.807, 2.05) is 0 Å². The molecule has 0 aliphatic carbocycles. The number of halogens is 3. The van der Waals surface area contributed by atoms with Gasteiger partial charge in [0.2, 0.25) is 0 Å². The number of ether oxygens (including phenoxy) is 1. The summed E-state index contributed by atoms with van der Waals surface area (Å²) in [6, 6.07) is 0. The van der Waals surface area contributed by atoms with Gasteiger partial charge >= 0.3 is 12.1 Å². The van der Waals surface area contributed by atoms with Crippen LogP contribution in [0, 0.1) is 0 Å². The highest BCUT2D eigenvalue weighted by atomic mass is 19.4. The van der Waals surface area contributed by atoms with E-state index in [-0.39, 0.29) is 19.1 Å². The lowest BCUT2D eigenvalue weighted by atomic mass is 10.2. The molecule has 4 nitrogen and oxygen atoms in total. The Morgan fingerprint density at radius 3 is 2.65 bits per heavy atom. The normalized spacial score (nSPS) is 25.1. The van der Waals surface area contributed by atoms with Crippen molar-refractivity contribution in [2.24, 2.45) is 0 Å². The molecule has 0 radical (unpaired) electrons. The first-order valence-corrected chi connectivity index (χ1v) is 5.54. The van der Waals surface area contributed by atoms with Gasteiger partial charge in [-0.3, -0.25) is 0 Å². The molecule has 1 fully saturated rings. The lowest BCUT2D eigenvalue weighted by molar-refractivity contribution is -0.149. The van der Waals surface area contributed by atoms with Gasteiger partial charge in [-0.25, -0.2) is 4.79 Å². The number of carboxylic acid groups (broad SMARTS) is 1. The molecule has 1 saturated heterocycles. The van der Waals surface area contributed by atoms with Crippen molar-refractivity contribution in [2.45, 2.75) is 44.1 Å². The number of carbonyl (C=O) groups is 1. The van der Waals surface area contributed by atoms with Gasteiger partial charge in [-0.1, -0.05) is 0 Å². The zero-order chi connectivity index (χ0) is 12.9. The average molecular weight is 255 g/mol. The number of hydrogen-bond acceptors (Lipinski definition) is 3. The van der Waals surface area contributed by atoms with Crippen molar-refractivity contribution < 1.29 is 27.8 Å². The number of rotatable bonds is 6. The van der Waals surface area contributed by atoms with Crippen molar-refractivity contribution in [3.8, 4) is 0 Å². The maximum Gasteiger partial charge on any atom is 0.389 e. The van der Waals surface area contributed by atoms with Gasteiger partial charge in [-0.05, 0) is 25.8 Å². The maximum absolute atomic E-state index is 11.8. The van der Waals surface area contributed by atoms with Crippen LogP contribution in [0.4, 0.5) is 13.2 Å². The maximum atomic E-state index is 11.8. The van der Waals surface area contributed by atoms with E-state index in [1.165, 1.54) is 0 Å². The number of nitrogens with one attached hydrogen (secondary N) is 1. The summed E-state index contributed by atoms with van der Waals surface area (Å²) in [5.74, 6) is -0.982. The van der Waals surface area contributed by atoms with Gasteiger partial charge in [-0.15, -0.1) is 0 Å². The Balaban J connectivity index is 2.03. The highest BCUT2D eigenvalue weighted by Gasteiger charge is 2.30. The van der Waals surface area contributed by atoms with Crippen molar-refractivity contribution in [1.29, 1.82) is 0 Å². The molecule has 2 atom stereocenters. The van der Waals surface area contributed by atoms with E-state index < -0.39 is 24.7 Å². The van der Waals surface area contributed by atoms with Crippen LogP contribution in [-0.4, -0.2) is 42.5 Å². The summed E-state index contributed by atoms with van der Waals surface area (Å²) in [7, 11) is 0. The molecule has 0 aromatic heterocycles. The van der Waals surface area contributed by atoms with Crippen molar-refractivity contribution in [1.82, 2.24) is 5.32 Å². The van der Waals surface area contributed by atoms with Crippen LogP contribution in [0.2, 0.25) is 0 Å². The van der Waals surface area contributed by atoms with E-state index in [1.54, 1.807) is 0 Å². The molecule has 100 valence electrons. The third kappa shape index (κ3) is 5.88. The fourth-order valence-corrected chi connectivity index (χ4v) is 1.71. The first-order chi connectivity index (χ1) is 7.88. The Bertz CT molecular complexity index is 258. The Morgan fingerprint density at radius 2 is 2.12 bits per heavy atom. The van der Waals surface area contributed by atoms with Crippen LogP contribution in [0.1, 0.15) is 25.7 Å². The van der Waals surface area contributed by atoms with E-state index in [2.05, 4.69) is 5.32 Å². The van der Waals surface area contributed by atoms with Gasteiger partial charge in [0.25, 0.3) is 0 Å². The summed E-state index contributed by atoms with van der Waals surface area (Å²) in [5.41, 5.74) is 0. The lowest BCUT2D eigenvalue weighted by Crippen LogP contribution is -2.30. The van der Waals surface area contributed by atoms with Gasteiger partial charge in [0.05, 0.1) is 6.10 Å². The second-order valence-corrected chi connectivity index (χ2v) is 4.09. The second-order valence-electron chi connectivity index (χ2n) is 4.09.